The lowest BCUT2D eigenvalue weighted by Gasteiger charge is -2.10. The maximum Gasteiger partial charge on any atom is 0.130 e. The number of nitrogens with zero attached hydrogens (tertiary/aromatic N) is 1. The number of pyridine rings is 1. The molecule has 3 aromatic rings. The molecule has 0 aliphatic rings. The minimum atomic E-state index is 0.440. The molecule has 0 aliphatic heterocycles. The maximum absolute atomic E-state index is 5.87. The molecule has 0 radical (unpaired) electrons. The van der Waals surface area contributed by atoms with E-state index in [1.165, 1.54) is 0 Å². The van der Waals surface area contributed by atoms with Gasteiger partial charge in [-0.05, 0) is 31.2 Å². The number of aromatic nitrogens is 1. The lowest BCUT2D eigenvalue weighted by atomic mass is 10.2. The third-order valence-electron chi connectivity index (χ3n) is 3.36. The van der Waals surface area contributed by atoms with Crippen molar-refractivity contribution in [2.45, 2.75) is 13.5 Å². The summed E-state index contributed by atoms with van der Waals surface area (Å²) in [6.45, 7) is 2.40. The van der Waals surface area contributed by atoms with Crippen LogP contribution in [0.2, 0.25) is 0 Å². The predicted molar refractivity (Wildman–Crippen MR) is 81.7 cm³/mol. The molecule has 3 nitrogen and oxygen atoms in total. The molecule has 3 heteroatoms. The van der Waals surface area contributed by atoms with Crippen LogP contribution < -0.4 is 10.5 Å². The fraction of sp³-hybridized carbons (Fsp3) is 0.118. The van der Waals surface area contributed by atoms with Crippen molar-refractivity contribution in [2.75, 3.05) is 5.73 Å². The van der Waals surface area contributed by atoms with E-state index >= 15 is 0 Å². The molecule has 0 fully saturated rings. The number of nitrogens with two attached hydrogens (primary N) is 1. The van der Waals surface area contributed by atoms with E-state index in [1.807, 2.05) is 49.4 Å². The molecule has 0 atom stereocenters. The maximum atomic E-state index is 5.87. The third-order valence-corrected chi connectivity index (χ3v) is 3.36. The van der Waals surface area contributed by atoms with E-state index < -0.39 is 0 Å². The molecule has 100 valence electrons. The lowest BCUT2D eigenvalue weighted by Crippen LogP contribution is -2.01. The van der Waals surface area contributed by atoms with Crippen LogP contribution in [0.4, 0.5) is 5.69 Å². The van der Waals surface area contributed by atoms with Gasteiger partial charge in [0, 0.05) is 16.6 Å². The van der Waals surface area contributed by atoms with Crippen LogP contribution in [-0.2, 0) is 6.61 Å². The highest BCUT2D eigenvalue weighted by atomic mass is 16.5. The van der Waals surface area contributed by atoms with E-state index in [-0.39, 0.29) is 0 Å². The number of rotatable bonds is 3. The summed E-state index contributed by atoms with van der Waals surface area (Å²) in [6, 6.07) is 17.8. The van der Waals surface area contributed by atoms with Crippen LogP contribution in [0.3, 0.4) is 0 Å². The van der Waals surface area contributed by atoms with Gasteiger partial charge in [0.25, 0.3) is 0 Å². The zero-order valence-corrected chi connectivity index (χ0v) is 11.3. The Kier molecular flexibility index (Phi) is 3.25. The second kappa shape index (κ2) is 5.21. The number of para-hydroxylation sites is 1. The summed E-state index contributed by atoms with van der Waals surface area (Å²) in [5, 5.41) is 1.14. The summed E-state index contributed by atoms with van der Waals surface area (Å²) in [7, 11) is 0. The Bertz CT molecular complexity index is 753. The van der Waals surface area contributed by atoms with E-state index in [9.17, 15) is 0 Å². The fourth-order valence-electron chi connectivity index (χ4n) is 2.13. The van der Waals surface area contributed by atoms with E-state index in [0.29, 0.717) is 6.61 Å². The van der Waals surface area contributed by atoms with Crippen molar-refractivity contribution in [3.8, 4) is 5.75 Å². The minimum absolute atomic E-state index is 0.440. The quantitative estimate of drug-likeness (QED) is 0.734. The number of ether oxygens (including phenoxy) is 1. The number of fused-ring (bicyclic) bond motifs is 1. The summed E-state index contributed by atoms with van der Waals surface area (Å²) in [5.41, 5.74) is 9.47. The standard InChI is InChI=1S/C17H16N2O/c1-12-15(18)6-4-8-17(12)20-11-14-10-9-13-5-2-3-7-16(13)19-14/h2-10H,11,18H2,1H3. The Hall–Kier alpha value is -2.55. The van der Waals surface area contributed by atoms with Crippen molar-refractivity contribution in [2.24, 2.45) is 0 Å². The van der Waals surface area contributed by atoms with Crippen LogP contribution in [-0.4, -0.2) is 4.98 Å². The first-order valence-electron chi connectivity index (χ1n) is 6.56. The van der Waals surface area contributed by atoms with Crippen LogP contribution >= 0.6 is 0 Å². The van der Waals surface area contributed by atoms with Gasteiger partial charge in [-0.3, -0.25) is 0 Å². The van der Waals surface area contributed by atoms with Crippen LogP contribution in [0.25, 0.3) is 10.9 Å². The van der Waals surface area contributed by atoms with Crippen LogP contribution in [0, 0.1) is 6.92 Å². The molecule has 0 bridgehead atoms. The molecule has 1 aromatic heterocycles. The highest BCUT2D eigenvalue weighted by Gasteiger charge is 2.04. The van der Waals surface area contributed by atoms with Crippen molar-refractivity contribution < 1.29 is 4.74 Å². The molecule has 0 aliphatic carbocycles. The minimum Gasteiger partial charge on any atom is -0.487 e. The van der Waals surface area contributed by atoms with E-state index in [4.69, 9.17) is 10.5 Å². The molecule has 0 amide bonds. The van der Waals surface area contributed by atoms with Gasteiger partial charge in [-0.25, -0.2) is 4.98 Å². The van der Waals surface area contributed by atoms with E-state index in [2.05, 4.69) is 17.1 Å². The third kappa shape index (κ3) is 2.43. The number of hydrogen-bond donors (Lipinski definition) is 1. The van der Waals surface area contributed by atoms with Gasteiger partial charge < -0.3 is 10.5 Å². The van der Waals surface area contributed by atoms with E-state index in [0.717, 1.165) is 33.6 Å². The molecule has 20 heavy (non-hydrogen) atoms. The van der Waals surface area contributed by atoms with E-state index in [1.54, 1.807) is 0 Å². The summed E-state index contributed by atoms with van der Waals surface area (Å²) in [6.07, 6.45) is 0. The van der Waals surface area contributed by atoms with Crippen molar-refractivity contribution in [1.82, 2.24) is 4.98 Å². The Morgan fingerprint density at radius 2 is 1.85 bits per heavy atom. The summed E-state index contributed by atoms with van der Waals surface area (Å²) >= 11 is 0. The van der Waals surface area contributed by atoms with Gasteiger partial charge in [0.15, 0.2) is 0 Å². The van der Waals surface area contributed by atoms with Crippen molar-refractivity contribution in [3.05, 3.63) is 65.9 Å². The van der Waals surface area contributed by atoms with Crippen molar-refractivity contribution >= 4 is 16.6 Å². The molecule has 0 spiro atoms. The summed E-state index contributed by atoms with van der Waals surface area (Å²) in [5.74, 6) is 0.806. The van der Waals surface area contributed by atoms with Gasteiger partial charge in [0.2, 0.25) is 0 Å². The summed E-state index contributed by atoms with van der Waals surface area (Å²) < 4.78 is 5.81. The average molecular weight is 264 g/mol. The predicted octanol–water partition coefficient (Wildman–Crippen LogP) is 3.70. The summed E-state index contributed by atoms with van der Waals surface area (Å²) in [4.78, 5) is 4.59. The van der Waals surface area contributed by atoms with Crippen molar-refractivity contribution in [3.63, 3.8) is 0 Å². The topological polar surface area (TPSA) is 48.1 Å². The molecular weight excluding hydrogens is 248 g/mol. The zero-order chi connectivity index (χ0) is 13.9. The Balaban J connectivity index is 1.81. The van der Waals surface area contributed by atoms with Gasteiger partial charge >= 0.3 is 0 Å². The molecule has 0 saturated heterocycles. The number of benzene rings is 2. The molecule has 3 rings (SSSR count). The van der Waals surface area contributed by atoms with Gasteiger partial charge in [-0.2, -0.15) is 0 Å². The van der Waals surface area contributed by atoms with Gasteiger partial charge in [-0.1, -0.05) is 30.3 Å². The smallest absolute Gasteiger partial charge is 0.130 e. The second-order valence-electron chi connectivity index (χ2n) is 4.75. The molecular formula is C17H16N2O. The number of anilines is 1. The lowest BCUT2D eigenvalue weighted by molar-refractivity contribution is 0.300. The van der Waals surface area contributed by atoms with Crippen LogP contribution in [0.5, 0.6) is 5.75 Å². The number of hydrogen-bond acceptors (Lipinski definition) is 3. The van der Waals surface area contributed by atoms with Crippen molar-refractivity contribution in [1.29, 1.82) is 0 Å². The fourth-order valence-corrected chi connectivity index (χ4v) is 2.13. The largest absolute Gasteiger partial charge is 0.487 e. The monoisotopic (exact) mass is 264 g/mol. The Morgan fingerprint density at radius 1 is 1.00 bits per heavy atom. The first kappa shape index (κ1) is 12.5. The highest BCUT2D eigenvalue weighted by molar-refractivity contribution is 5.78. The van der Waals surface area contributed by atoms with Gasteiger partial charge in [0.1, 0.15) is 12.4 Å². The van der Waals surface area contributed by atoms with Crippen LogP contribution in [0.1, 0.15) is 11.3 Å². The SMILES string of the molecule is Cc1c(N)cccc1OCc1ccc2ccccc2n1. The number of nitrogen functional groups attached to an aromatic ring is 1. The molecule has 2 N–H and O–H groups in total. The Morgan fingerprint density at radius 3 is 2.75 bits per heavy atom. The van der Waals surface area contributed by atoms with Gasteiger partial charge in [0.05, 0.1) is 11.2 Å². The zero-order valence-electron chi connectivity index (χ0n) is 11.3. The van der Waals surface area contributed by atoms with Gasteiger partial charge in [-0.15, -0.1) is 0 Å². The first-order valence-corrected chi connectivity index (χ1v) is 6.56. The first-order chi connectivity index (χ1) is 9.74. The molecule has 0 saturated carbocycles. The average Bonchev–Trinajstić information content (AvgIpc) is 2.48. The normalized spacial score (nSPS) is 10.7. The van der Waals surface area contributed by atoms with Crippen LogP contribution in [0.15, 0.2) is 54.6 Å². The molecule has 0 unspecified atom stereocenters. The molecule has 2 aromatic carbocycles. The Labute approximate surface area is 118 Å². The molecule has 1 heterocycles. The highest BCUT2D eigenvalue weighted by Crippen LogP contribution is 2.23. The second-order valence-corrected chi connectivity index (χ2v) is 4.75.